The molecule has 0 saturated carbocycles. The van der Waals surface area contributed by atoms with E-state index in [1.165, 1.54) is 6.21 Å². The van der Waals surface area contributed by atoms with Crippen molar-refractivity contribution in [2.75, 3.05) is 0 Å². The van der Waals surface area contributed by atoms with Crippen LogP contribution in [0.4, 0.5) is 0 Å². The highest BCUT2D eigenvalue weighted by molar-refractivity contribution is 5.92. The third-order valence-electron chi connectivity index (χ3n) is 0.985. The third kappa shape index (κ3) is 4.00. The van der Waals surface area contributed by atoms with Crippen molar-refractivity contribution in [3.05, 3.63) is 23.9 Å². The first-order valence-electron chi connectivity index (χ1n) is 2.76. The SMILES string of the molecule is Cl.Cl.NC(=O)C1=CC=CC=NN1. The van der Waals surface area contributed by atoms with Gasteiger partial charge in [0.1, 0.15) is 5.70 Å². The van der Waals surface area contributed by atoms with Crippen molar-refractivity contribution in [3.63, 3.8) is 0 Å². The summed E-state index contributed by atoms with van der Waals surface area (Å²) in [4.78, 5) is 10.5. The number of nitrogens with one attached hydrogen (secondary N) is 1. The summed E-state index contributed by atoms with van der Waals surface area (Å²) in [5.74, 6) is -0.510. The normalized spacial score (nSPS) is 12.8. The van der Waals surface area contributed by atoms with Gasteiger partial charge < -0.3 is 5.73 Å². The third-order valence-corrected chi connectivity index (χ3v) is 0.985. The summed E-state index contributed by atoms with van der Waals surface area (Å²) < 4.78 is 0. The molecule has 12 heavy (non-hydrogen) atoms. The molecule has 0 aromatic carbocycles. The van der Waals surface area contributed by atoms with Gasteiger partial charge in [0.25, 0.3) is 5.91 Å². The summed E-state index contributed by atoms with van der Waals surface area (Å²) in [5.41, 5.74) is 7.73. The van der Waals surface area contributed by atoms with Crippen molar-refractivity contribution in [1.29, 1.82) is 0 Å². The molecule has 0 unspecified atom stereocenters. The van der Waals surface area contributed by atoms with Gasteiger partial charge in [0.2, 0.25) is 0 Å². The van der Waals surface area contributed by atoms with Crippen molar-refractivity contribution in [1.82, 2.24) is 5.43 Å². The maximum Gasteiger partial charge on any atom is 0.266 e. The van der Waals surface area contributed by atoms with Crippen LogP contribution >= 0.6 is 24.8 Å². The number of allylic oxidation sites excluding steroid dienone is 3. The zero-order valence-electron chi connectivity index (χ0n) is 6.06. The molecule has 3 N–H and O–H groups in total. The number of amides is 1. The van der Waals surface area contributed by atoms with Crippen molar-refractivity contribution in [2.24, 2.45) is 10.8 Å². The Morgan fingerprint density at radius 2 is 2.08 bits per heavy atom. The van der Waals surface area contributed by atoms with E-state index < -0.39 is 5.91 Å². The standard InChI is InChI=1S/C6H7N3O.2ClH/c7-6(10)5-3-1-2-4-8-9-5;;/h1-4,9H,(H2,7,10);2*1H. The molecule has 6 heteroatoms. The molecule has 68 valence electrons. The van der Waals surface area contributed by atoms with Gasteiger partial charge in [-0.3, -0.25) is 10.2 Å². The van der Waals surface area contributed by atoms with Gasteiger partial charge in [-0.05, 0) is 12.2 Å². The van der Waals surface area contributed by atoms with Crippen LogP contribution in [-0.2, 0) is 4.79 Å². The van der Waals surface area contributed by atoms with E-state index in [1.54, 1.807) is 18.2 Å². The van der Waals surface area contributed by atoms with Gasteiger partial charge in [-0.1, -0.05) is 6.08 Å². The molecule has 0 aliphatic carbocycles. The monoisotopic (exact) mass is 209 g/mol. The Labute approximate surface area is 82.4 Å². The molecule has 1 rings (SSSR count). The van der Waals surface area contributed by atoms with Crippen LogP contribution in [0.3, 0.4) is 0 Å². The van der Waals surface area contributed by atoms with Crippen LogP contribution in [0.5, 0.6) is 0 Å². The van der Waals surface area contributed by atoms with Crippen LogP contribution in [0.1, 0.15) is 0 Å². The van der Waals surface area contributed by atoms with Crippen molar-refractivity contribution >= 4 is 36.9 Å². The van der Waals surface area contributed by atoms with E-state index in [0.29, 0.717) is 5.70 Å². The Morgan fingerprint density at radius 1 is 1.42 bits per heavy atom. The Bertz CT molecular complexity index is 235. The number of hydrogen-bond donors (Lipinski definition) is 2. The van der Waals surface area contributed by atoms with E-state index in [9.17, 15) is 4.79 Å². The van der Waals surface area contributed by atoms with Crippen LogP contribution in [0.25, 0.3) is 0 Å². The first kappa shape index (κ1) is 13.6. The Hall–Kier alpha value is -1.00. The van der Waals surface area contributed by atoms with Crippen LogP contribution in [0, 0.1) is 0 Å². The average molecular weight is 210 g/mol. The maximum absolute atomic E-state index is 10.5. The van der Waals surface area contributed by atoms with Gasteiger partial charge >= 0.3 is 0 Å². The molecule has 0 aromatic rings. The number of carbonyl (C=O) groups is 1. The molecule has 1 aliphatic rings. The lowest BCUT2D eigenvalue weighted by Crippen LogP contribution is -2.22. The lowest BCUT2D eigenvalue weighted by molar-refractivity contribution is -0.114. The average Bonchev–Trinajstić information content (AvgIpc) is 2.12. The van der Waals surface area contributed by atoms with Gasteiger partial charge in [0.15, 0.2) is 0 Å². The van der Waals surface area contributed by atoms with Crippen LogP contribution in [0.15, 0.2) is 29.0 Å². The van der Waals surface area contributed by atoms with Gasteiger partial charge in [-0.15, -0.1) is 24.8 Å². The highest BCUT2D eigenvalue weighted by Crippen LogP contribution is 1.90. The molecule has 0 aromatic heterocycles. The lowest BCUT2D eigenvalue weighted by atomic mass is 10.4. The molecule has 0 spiro atoms. The second-order valence-electron chi connectivity index (χ2n) is 1.72. The highest BCUT2D eigenvalue weighted by atomic mass is 35.5. The zero-order valence-corrected chi connectivity index (χ0v) is 7.69. The second-order valence-corrected chi connectivity index (χ2v) is 1.72. The largest absolute Gasteiger partial charge is 0.364 e. The minimum Gasteiger partial charge on any atom is -0.364 e. The molecule has 0 atom stereocenters. The number of hydrogen-bond acceptors (Lipinski definition) is 3. The molecular formula is C6H9Cl2N3O. The number of hydrazone groups is 1. The molecular weight excluding hydrogens is 201 g/mol. The fourth-order valence-corrected chi connectivity index (χ4v) is 0.526. The summed E-state index contributed by atoms with van der Waals surface area (Å²) in [6.07, 6.45) is 6.48. The summed E-state index contributed by atoms with van der Waals surface area (Å²) in [7, 11) is 0. The van der Waals surface area contributed by atoms with E-state index >= 15 is 0 Å². The van der Waals surface area contributed by atoms with E-state index in [4.69, 9.17) is 5.73 Å². The summed E-state index contributed by atoms with van der Waals surface area (Å²) >= 11 is 0. The number of primary amides is 1. The summed E-state index contributed by atoms with van der Waals surface area (Å²) in [5, 5.41) is 3.64. The fourth-order valence-electron chi connectivity index (χ4n) is 0.526. The highest BCUT2D eigenvalue weighted by Gasteiger charge is 2.00. The Kier molecular flexibility index (Phi) is 7.58. The number of nitrogens with zero attached hydrogens (tertiary/aromatic N) is 1. The minimum atomic E-state index is -0.510. The zero-order chi connectivity index (χ0) is 7.40. The minimum absolute atomic E-state index is 0. The van der Waals surface area contributed by atoms with Crippen LogP contribution in [-0.4, -0.2) is 12.1 Å². The second kappa shape index (κ2) is 6.69. The summed E-state index contributed by atoms with van der Waals surface area (Å²) in [6.45, 7) is 0. The Morgan fingerprint density at radius 3 is 2.67 bits per heavy atom. The first-order valence-corrected chi connectivity index (χ1v) is 2.76. The van der Waals surface area contributed by atoms with Crippen molar-refractivity contribution < 1.29 is 4.79 Å². The number of rotatable bonds is 1. The first-order chi connectivity index (χ1) is 4.80. The predicted octanol–water partition coefficient (Wildman–Crippen LogP) is 0.344. The fraction of sp³-hybridized carbons (Fsp3) is 0. The Balaban J connectivity index is 0. The predicted molar refractivity (Wildman–Crippen MR) is 52.5 cm³/mol. The molecule has 1 amide bonds. The molecule has 1 aliphatic heterocycles. The van der Waals surface area contributed by atoms with Crippen molar-refractivity contribution in [3.8, 4) is 0 Å². The molecule has 1 heterocycles. The van der Waals surface area contributed by atoms with Gasteiger partial charge in [-0.25, -0.2) is 0 Å². The number of nitrogens with two attached hydrogens (primary N) is 1. The molecule has 0 saturated heterocycles. The van der Waals surface area contributed by atoms with E-state index in [0.717, 1.165) is 0 Å². The maximum atomic E-state index is 10.5. The summed E-state index contributed by atoms with van der Waals surface area (Å²) in [6, 6.07) is 0. The van der Waals surface area contributed by atoms with Gasteiger partial charge in [0, 0.05) is 6.21 Å². The topological polar surface area (TPSA) is 67.5 Å². The van der Waals surface area contributed by atoms with Crippen LogP contribution < -0.4 is 11.2 Å². The van der Waals surface area contributed by atoms with E-state index in [-0.39, 0.29) is 24.8 Å². The van der Waals surface area contributed by atoms with Gasteiger partial charge in [-0.2, -0.15) is 5.10 Å². The molecule has 0 fully saturated rings. The number of halogens is 2. The number of carbonyl (C=O) groups excluding carboxylic acids is 1. The lowest BCUT2D eigenvalue weighted by Gasteiger charge is -1.96. The van der Waals surface area contributed by atoms with Gasteiger partial charge in [0.05, 0.1) is 0 Å². The van der Waals surface area contributed by atoms with E-state index in [1.807, 2.05) is 0 Å². The quantitative estimate of drug-likeness (QED) is 0.655. The molecule has 0 bridgehead atoms. The molecule has 0 radical (unpaired) electrons. The molecule has 4 nitrogen and oxygen atoms in total. The smallest absolute Gasteiger partial charge is 0.266 e. The van der Waals surface area contributed by atoms with Crippen LogP contribution in [0.2, 0.25) is 0 Å². The van der Waals surface area contributed by atoms with E-state index in [2.05, 4.69) is 10.5 Å². The van der Waals surface area contributed by atoms with Crippen molar-refractivity contribution in [2.45, 2.75) is 0 Å².